The summed E-state index contributed by atoms with van der Waals surface area (Å²) >= 11 is 0. The highest BCUT2D eigenvalue weighted by atomic mass is 16.1. The molecule has 0 spiro atoms. The molecule has 0 saturated carbocycles. The van der Waals surface area contributed by atoms with E-state index in [0.717, 1.165) is 26.1 Å². The summed E-state index contributed by atoms with van der Waals surface area (Å²) in [6.07, 6.45) is 0.960. The van der Waals surface area contributed by atoms with E-state index < -0.39 is 0 Å². The lowest BCUT2D eigenvalue weighted by Crippen LogP contribution is -2.51. The number of hydrogen-bond donors (Lipinski definition) is 0. The highest BCUT2D eigenvalue weighted by Gasteiger charge is 2.23. The van der Waals surface area contributed by atoms with Crippen LogP contribution < -0.4 is 0 Å². The minimum atomic E-state index is 0.222. The maximum Gasteiger partial charge on any atom is 0.149 e. The highest BCUT2D eigenvalue weighted by Crippen LogP contribution is 2.09. The summed E-state index contributed by atoms with van der Waals surface area (Å²) in [6, 6.07) is 0.573. The van der Waals surface area contributed by atoms with Crippen LogP contribution in [0.25, 0.3) is 0 Å². The van der Waals surface area contributed by atoms with Gasteiger partial charge in [-0.2, -0.15) is 0 Å². The Kier molecular flexibility index (Phi) is 4.74. The van der Waals surface area contributed by atoms with Gasteiger partial charge in [0.15, 0.2) is 0 Å². The zero-order valence-electron chi connectivity index (χ0n) is 10.5. The van der Waals surface area contributed by atoms with Gasteiger partial charge < -0.3 is 4.90 Å². The van der Waals surface area contributed by atoms with Gasteiger partial charge in [-0.25, -0.2) is 0 Å². The summed E-state index contributed by atoms with van der Waals surface area (Å²) in [5.74, 6) is 0.620. The molecule has 2 unspecified atom stereocenters. The Balaban J connectivity index is 2.36. The van der Waals surface area contributed by atoms with Crippen molar-refractivity contribution >= 4 is 5.78 Å². The minimum absolute atomic E-state index is 0.222. The van der Waals surface area contributed by atoms with Crippen molar-refractivity contribution in [1.29, 1.82) is 0 Å². The molecule has 1 aliphatic heterocycles. The quantitative estimate of drug-likeness (QED) is 0.700. The van der Waals surface area contributed by atoms with Gasteiger partial charge in [-0.1, -0.05) is 13.8 Å². The van der Waals surface area contributed by atoms with Crippen LogP contribution in [0.1, 0.15) is 27.2 Å². The Bertz CT molecular complexity index is 218. The van der Waals surface area contributed by atoms with Crippen molar-refractivity contribution in [1.82, 2.24) is 9.80 Å². The number of hydrogen-bond acceptors (Lipinski definition) is 3. The van der Waals surface area contributed by atoms with Gasteiger partial charge >= 0.3 is 0 Å². The molecule has 88 valence electrons. The molecule has 15 heavy (non-hydrogen) atoms. The van der Waals surface area contributed by atoms with Crippen molar-refractivity contribution in [2.75, 3.05) is 33.2 Å². The minimum Gasteiger partial charge on any atom is -0.301 e. The van der Waals surface area contributed by atoms with Crippen molar-refractivity contribution in [3.05, 3.63) is 0 Å². The molecule has 0 radical (unpaired) electrons. The average molecular weight is 212 g/mol. The third-order valence-corrected chi connectivity index (χ3v) is 3.59. The molecule has 0 N–H and O–H groups in total. The number of Topliss-reactive ketones (excluding diaryl/α,β-unsaturated/α-hetero) is 1. The van der Waals surface area contributed by atoms with Crippen LogP contribution >= 0.6 is 0 Å². The molecule has 0 bridgehead atoms. The van der Waals surface area contributed by atoms with Crippen LogP contribution in [0, 0.1) is 5.92 Å². The van der Waals surface area contributed by atoms with Crippen LogP contribution in [0.5, 0.6) is 0 Å². The first-order valence-electron chi connectivity index (χ1n) is 5.99. The van der Waals surface area contributed by atoms with Crippen LogP contribution in [0.4, 0.5) is 0 Å². The van der Waals surface area contributed by atoms with Gasteiger partial charge in [-0.3, -0.25) is 9.69 Å². The number of ketones is 1. The Morgan fingerprint density at radius 1 is 1.47 bits per heavy atom. The molecule has 1 rings (SSSR count). The van der Waals surface area contributed by atoms with E-state index in [-0.39, 0.29) is 5.92 Å². The summed E-state index contributed by atoms with van der Waals surface area (Å²) in [6.45, 7) is 10.1. The van der Waals surface area contributed by atoms with Gasteiger partial charge in [0.05, 0.1) is 6.54 Å². The van der Waals surface area contributed by atoms with Crippen LogP contribution in [0.3, 0.4) is 0 Å². The predicted octanol–water partition coefficient (Wildman–Crippen LogP) is 1.24. The largest absolute Gasteiger partial charge is 0.301 e. The summed E-state index contributed by atoms with van der Waals surface area (Å²) in [7, 11) is 2.15. The van der Waals surface area contributed by atoms with Crippen LogP contribution in [0.15, 0.2) is 0 Å². The van der Waals surface area contributed by atoms with E-state index in [0.29, 0.717) is 18.4 Å². The van der Waals surface area contributed by atoms with Crippen LogP contribution in [-0.2, 0) is 4.79 Å². The number of rotatable bonds is 4. The lowest BCUT2D eigenvalue weighted by molar-refractivity contribution is -0.124. The molecule has 0 amide bonds. The first kappa shape index (κ1) is 12.7. The van der Waals surface area contributed by atoms with Gasteiger partial charge in [-0.15, -0.1) is 0 Å². The molecule has 0 aromatic rings. The lowest BCUT2D eigenvalue weighted by Gasteiger charge is -2.37. The molecular formula is C12H24N2O. The standard InChI is InChI=1S/C12H24N2O/c1-5-10(2)12(15)9-14-7-6-13(4)11(3)8-14/h10-11H,5-9H2,1-4H3. The topological polar surface area (TPSA) is 23.6 Å². The zero-order valence-corrected chi connectivity index (χ0v) is 10.5. The van der Waals surface area contributed by atoms with E-state index in [2.05, 4.69) is 30.7 Å². The van der Waals surface area contributed by atoms with Gasteiger partial charge in [0.2, 0.25) is 0 Å². The maximum absolute atomic E-state index is 11.8. The van der Waals surface area contributed by atoms with Gasteiger partial charge in [0.25, 0.3) is 0 Å². The SMILES string of the molecule is CCC(C)C(=O)CN1CCN(C)C(C)C1. The molecule has 2 atom stereocenters. The summed E-state index contributed by atoms with van der Waals surface area (Å²) in [4.78, 5) is 16.4. The fraction of sp³-hybridized carbons (Fsp3) is 0.917. The van der Waals surface area contributed by atoms with E-state index in [1.54, 1.807) is 0 Å². The number of carbonyl (C=O) groups is 1. The van der Waals surface area contributed by atoms with Crippen molar-refractivity contribution in [3.8, 4) is 0 Å². The third-order valence-electron chi connectivity index (χ3n) is 3.59. The summed E-state index contributed by atoms with van der Waals surface area (Å²) in [5.41, 5.74) is 0. The smallest absolute Gasteiger partial charge is 0.149 e. The molecule has 1 aliphatic rings. The Morgan fingerprint density at radius 2 is 2.13 bits per heavy atom. The Labute approximate surface area is 93.4 Å². The molecule has 3 nitrogen and oxygen atoms in total. The molecule has 1 fully saturated rings. The highest BCUT2D eigenvalue weighted by molar-refractivity contribution is 5.82. The summed E-state index contributed by atoms with van der Waals surface area (Å²) in [5, 5.41) is 0. The van der Waals surface area contributed by atoms with E-state index in [4.69, 9.17) is 0 Å². The number of carbonyl (C=O) groups excluding carboxylic acids is 1. The molecule has 1 heterocycles. The number of nitrogens with zero attached hydrogens (tertiary/aromatic N) is 2. The van der Waals surface area contributed by atoms with Crippen molar-refractivity contribution < 1.29 is 4.79 Å². The second-order valence-electron chi connectivity index (χ2n) is 4.84. The fourth-order valence-electron chi connectivity index (χ4n) is 1.87. The van der Waals surface area contributed by atoms with Crippen molar-refractivity contribution in [3.63, 3.8) is 0 Å². The van der Waals surface area contributed by atoms with E-state index in [9.17, 15) is 4.79 Å². The van der Waals surface area contributed by atoms with E-state index in [1.807, 2.05) is 6.92 Å². The number of piperazine rings is 1. The normalized spacial score (nSPS) is 26.5. The predicted molar refractivity (Wildman–Crippen MR) is 63.0 cm³/mol. The van der Waals surface area contributed by atoms with Gasteiger partial charge in [-0.05, 0) is 20.4 Å². The summed E-state index contributed by atoms with van der Waals surface area (Å²) < 4.78 is 0. The molecule has 0 aliphatic carbocycles. The average Bonchev–Trinajstić information content (AvgIpc) is 2.22. The van der Waals surface area contributed by atoms with E-state index >= 15 is 0 Å². The number of likely N-dealkylation sites (N-methyl/N-ethyl adjacent to an activating group) is 1. The van der Waals surface area contributed by atoms with Gasteiger partial charge in [0, 0.05) is 31.6 Å². The third kappa shape index (κ3) is 3.58. The van der Waals surface area contributed by atoms with E-state index in [1.165, 1.54) is 0 Å². The zero-order chi connectivity index (χ0) is 11.4. The first-order chi connectivity index (χ1) is 7.04. The van der Waals surface area contributed by atoms with Crippen molar-refractivity contribution in [2.45, 2.75) is 33.2 Å². The molecule has 0 aromatic carbocycles. The van der Waals surface area contributed by atoms with Crippen molar-refractivity contribution in [2.24, 2.45) is 5.92 Å². The second kappa shape index (κ2) is 5.61. The fourth-order valence-corrected chi connectivity index (χ4v) is 1.87. The Hall–Kier alpha value is -0.410. The molecule has 1 saturated heterocycles. The lowest BCUT2D eigenvalue weighted by atomic mass is 10.0. The monoisotopic (exact) mass is 212 g/mol. The second-order valence-corrected chi connectivity index (χ2v) is 4.84. The molecule has 0 aromatic heterocycles. The maximum atomic E-state index is 11.8. The molecular weight excluding hydrogens is 188 g/mol. The van der Waals surface area contributed by atoms with Gasteiger partial charge in [0.1, 0.15) is 5.78 Å². The van der Waals surface area contributed by atoms with Crippen LogP contribution in [0.2, 0.25) is 0 Å². The van der Waals surface area contributed by atoms with Crippen LogP contribution in [-0.4, -0.2) is 54.9 Å². The Morgan fingerprint density at radius 3 is 2.67 bits per heavy atom. The molecule has 3 heteroatoms. The first-order valence-corrected chi connectivity index (χ1v) is 5.99.